The van der Waals surface area contributed by atoms with Gasteiger partial charge in [-0.25, -0.2) is 0 Å². The molecule has 0 atom stereocenters. The van der Waals surface area contributed by atoms with Gasteiger partial charge in [-0.1, -0.05) is 17.7 Å². The lowest BCUT2D eigenvalue weighted by atomic mass is 10.1. The van der Waals surface area contributed by atoms with Gasteiger partial charge in [0.15, 0.2) is 0 Å². The first kappa shape index (κ1) is 8.03. The number of aromatic nitrogens is 1. The van der Waals surface area contributed by atoms with Crippen LogP contribution in [0.4, 0.5) is 0 Å². The van der Waals surface area contributed by atoms with Crippen molar-refractivity contribution in [3.63, 3.8) is 0 Å². The molecule has 0 radical (unpaired) electrons. The van der Waals surface area contributed by atoms with Crippen molar-refractivity contribution >= 4 is 22.4 Å². The summed E-state index contributed by atoms with van der Waals surface area (Å²) in [6, 6.07) is 7.52. The number of fused-ring (bicyclic) bond motifs is 1. The Hall–Kier alpha value is -1.59. The van der Waals surface area contributed by atoms with Crippen LogP contribution in [0.25, 0.3) is 10.8 Å². The average Bonchev–Trinajstić information content (AvgIpc) is 2.18. The highest BCUT2D eigenvalue weighted by Crippen LogP contribution is 2.24. The molecule has 2 nitrogen and oxygen atoms in total. The molecule has 0 saturated heterocycles. The third kappa shape index (κ3) is 1.24. The predicted molar refractivity (Wildman–Crippen MR) is 51.5 cm³/mol. The molecule has 0 fully saturated rings. The van der Waals surface area contributed by atoms with E-state index in [9.17, 15) is 0 Å². The summed E-state index contributed by atoms with van der Waals surface area (Å²) < 4.78 is 0. The highest BCUT2D eigenvalue weighted by Gasteiger charge is 2.04. The minimum absolute atomic E-state index is 0.475. The van der Waals surface area contributed by atoms with Crippen LogP contribution in [-0.2, 0) is 0 Å². The molecule has 2 rings (SSSR count). The fraction of sp³-hybridized carbons (Fsp3) is 0. The molecule has 2 aromatic rings. The molecule has 62 valence electrons. The Morgan fingerprint density at radius 1 is 1.31 bits per heavy atom. The number of benzene rings is 1. The Bertz CT molecular complexity index is 500. The topological polar surface area (TPSA) is 36.7 Å². The standard InChI is InChI=1S/C10H5ClN2/c11-10-2-1-7-3-4-13-6-9(7)8(10)5-12/h1-4,6H. The second-order valence-corrected chi connectivity index (χ2v) is 3.04. The molecule has 1 aromatic heterocycles. The lowest BCUT2D eigenvalue weighted by molar-refractivity contribution is 1.36. The van der Waals surface area contributed by atoms with Crippen LogP contribution in [-0.4, -0.2) is 4.98 Å². The summed E-state index contributed by atoms with van der Waals surface area (Å²) in [4.78, 5) is 3.95. The van der Waals surface area contributed by atoms with Gasteiger partial charge in [0.05, 0.1) is 10.6 Å². The van der Waals surface area contributed by atoms with Gasteiger partial charge in [-0.15, -0.1) is 0 Å². The molecule has 13 heavy (non-hydrogen) atoms. The summed E-state index contributed by atoms with van der Waals surface area (Å²) in [5.41, 5.74) is 0.493. The van der Waals surface area contributed by atoms with Crippen LogP contribution in [0.3, 0.4) is 0 Å². The first-order valence-electron chi connectivity index (χ1n) is 3.75. The number of nitrogens with zero attached hydrogens (tertiary/aromatic N) is 2. The van der Waals surface area contributed by atoms with Crippen molar-refractivity contribution in [1.29, 1.82) is 5.26 Å². The van der Waals surface area contributed by atoms with Gasteiger partial charge in [0, 0.05) is 17.8 Å². The highest BCUT2D eigenvalue weighted by atomic mass is 35.5. The maximum atomic E-state index is 8.85. The van der Waals surface area contributed by atoms with Crippen LogP contribution in [0.2, 0.25) is 5.02 Å². The monoisotopic (exact) mass is 188 g/mol. The molecule has 0 unspecified atom stereocenters. The Balaban J connectivity index is 2.94. The molecule has 1 aromatic carbocycles. The highest BCUT2D eigenvalue weighted by molar-refractivity contribution is 6.32. The zero-order chi connectivity index (χ0) is 9.26. The molecule has 0 N–H and O–H groups in total. The van der Waals surface area contributed by atoms with Gasteiger partial charge in [-0.3, -0.25) is 4.98 Å². The number of hydrogen-bond acceptors (Lipinski definition) is 2. The molecule has 0 spiro atoms. The Kier molecular flexibility index (Phi) is 1.88. The third-order valence-corrected chi connectivity index (χ3v) is 2.20. The van der Waals surface area contributed by atoms with Crippen LogP contribution >= 0.6 is 11.6 Å². The molecule has 3 heteroatoms. The van der Waals surface area contributed by atoms with Crippen molar-refractivity contribution in [3.05, 3.63) is 41.2 Å². The molecular weight excluding hydrogens is 184 g/mol. The summed E-state index contributed by atoms with van der Waals surface area (Å²) in [5, 5.41) is 11.1. The van der Waals surface area contributed by atoms with Gasteiger partial charge in [0.1, 0.15) is 6.07 Å². The zero-order valence-electron chi connectivity index (χ0n) is 6.66. The van der Waals surface area contributed by atoms with Gasteiger partial charge in [-0.2, -0.15) is 5.26 Å². The molecule has 1 heterocycles. The Morgan fingerprint density at radius 2 is 2.15 bits per heavy atom. The van der Waals surface area contributed by atoms with Crippen molar-refractivity contribution in [3.8, 4) is 6.07 Å². The van der Waals surface area contributed by atoms with Gasteiger partial charge in [0.2, 0.25) is 0 Å². The number of pyridine rings is 1. The second kappa shape index (κ2) is 3.04. The summed E-state index contributed by atoms with van der Waals surface area (Å²) in [7, 11) is 0. The SMILES string of the molecule is N#Cc1c(Cl)ccc2ccncc12. The summed E-state index contributed by atoms with van der Waals surface area (Å²) in [5.74, 6) is 0. The van der Waals surface area contributed by atoms with Crippen LogP contribution < -0.4 is 0 Å². The molecule has 0 aliphatic rings. The van der Waals surface area contributed by atoms with Crippen molar-refractivity contribution in [1.82, 2.24) is 4.98 Å². The molecular formula is C10H5ClN2. The largest absolute Gasteiger partial charge is 0.264 e. The molecule has 0 aliphatic heterocycles. The van der Waals surface area contributed by atoms with Crippen LogP contribution in [0.15, 0.2) is 30.6 Å². The van der Waals surface area contributed by atoms with E-state index in [2.05, 4.69) is 11.1 Å². The fourth-order valence-corrected chi connectivity index (χ4v) is 1.46. The van der Waals surface area contributed by atoms with Crippen LogP contribution in [0.1, 0.15) is 5.56 Å². The maximum Gasteiger partial charge on any atom is 0.101 e. The van der Waals surface area contributed by atoms with E-state index in [1.165, 1.54) is 0 Å². The Morgan fingerprint density at radius 3 is 2.92 bits per heavy atom. The average molecular weight is 189 g/mol. The Labute approximate surface area is 80.4 Å². The van der Waals surface area contributed by atoms with Crippen molar-refractivity contribution < 1.29 is 0 Å². The molecule has 0 saturated carbocycles. The fourth-order valence-electron chi connectivity index (χ4n) is 1.25. The number of halogens is 1. The molecule has 0 amide bonds. The van der Waals surface area contributed by atoms with E-state index < -0.39 is 0 Å². The van der Waals surface area contributed by atoms with Gasteiger partial charge in [0.25, 0.3) is 0 Å². The smallest absolute Gasteiger partial charge is 0.101 e. The first-order valence-corrected chi connectivity index (χ1v) is 4.13. The van der Waals surface area contributed by atoms with E-state index in [-0.39, 0.29) is 0 Å². The van der Waals surface area contributed by atoms with E-state index >= 15 is 0 Å². The quantitative estimate of drug-likeness (QED) is 0.638. The molecule has 0 aliphatic carbocycles. The maximum absolute atomic E-state index is 8.85. The third-order valence-electron chi connectivity index (χ3n) is 1.88. The minimum atomic E-state index is 0.475. The number of rotatable bonds is 0. The van der Waals surface area contributed by atoms with E-state index in [1.807, 2.05) is 12.1 Å². The lowest BCUT2D eigenvalue weighted by Gasteiger charge is -1.99. The second-order valence-electron chi connectivity index (χ2n) is 2.63. The normalized spacial score (nSPS) is 9.85. The lowest BCUT2D eigenvalue weighted by Crippen LogP contribution is -1.82. The van der Waals surface area contributed by atoms with Gasteiger partial charge in [-0.05, 0) is 17.5 Å². The zero-order valence-corrected chi connectivity index (χ0v) is 7.42. The first-order chi connectivity index (χ1) is 6.33. The number of nitriles is 1. The van der Waals surface area contributed by atoms with Crippen LogP contribution in [0, 0.1) is 11.3 Å². The van der Waals surface area contributed by atoms with E-state index in [4.69, 9.17) is 16.9 Å². The van der Waals surface area contributed by atoms with Crippen molar-refractivity contribution in [2.24, 2.45) is 0 Å². The van der Waals surface area contributed by atoms with E-state index in [0.717, 1.165) is 10.8 Å². The van der Waals surface area contributed by atoms with Gasteiger partial charge < -0.3 is 0 Å². The predicted octanol–water partition coefficient (Wildman–Crippen LogP) is 2.76. The van der Waals surface area contributed by atoms with E-state index in [0.29, 0.717) is 10.6 Å². The van der Waals surface area contributed by atoms with Crippen LogP contribution in [0.5, 0.6) is 0 Å². The molecule has 0 bridgehead atoms. The summed E-state index contributed by atoms with van der Waals surface area (Å²) >= 11 is 5.85. The van der Waals surface area contributed by atoms with E-state index in [1.54, 1.807) is 18.5 Å². The summed E-state index contributed by atoms with van der Waals surface area (Å²) in [6.45, 7) is 0. The summed E-state index contributed by atoms with van der Waals surface area (Å²) in [6.07, 6.45) is 3.34. The minimum Gasteiger partial charge on any atom is -0.264 e. The number of hydrogen-bond donors (Lipinski definition) is 0. The van der Waals surface area contributed by atoms with Crippen molar-refractivity contribution in [2.75, 3.05) is 0 Å². The van der Waals surface area contributed by atoms with Crippen molar-refractivity contribution in [2.45, 2.75) is 0 Å². The van der Waals surface area contributed by atoms with Gasteiger partial charge >= 0.3 is 0 Å².